The molecule has 1 heterocycles. The van der Waals surface area contributed by atoms with Crippen molar-refractivity contribution in [2.45, 2.75) is 38.0 Å². The summed E-state index contributed by atoms with van der Waals surface area (Å²) in [5.41, 5.74) is 9.12. The van der Waals surface area contributed by atoms with Gasteiger partial charge in [0.1, 0.15) is 0 Å². The Morgan fingerprint density at radius 2 is 2.11 bits per heavy atom. The van der Waals surface area contributed by atoms with Crippen LogP contribution in [0.5, 0.6) is 0 Å². The third kappa shape index (κ3) is 2.07. The van der Waals surface area contributed by atoms with Gasteiger partial charge in [-0.1, -0.05) is 24.3 Å². The van der Waals surface area contributed by atoms with Gasteiger partial charge in [-0.3, -0.25) is 4.90 Å². The first-order chi connectivity index (χ1) is 8.57. The normalized spacial score (nSPS) is 31.3. The minimum atomic E-state index is -0.0489. The third-order valence-corrected chi connectivity index (χ3v) is 4.18. The molecular formula is C15H22N2O. The molecule has 2 aliphatic rings. The average molecular weight is 246 g/mol. The summed E-state index contributed by atoms with van der Waals surface area (Å²) in [7, 11) is 0. The maximum absolute atomic E-state index is 6.43. The van der Waals surface area contributed by atoms with Crippen molar-refractivity contribution in [2.75, 3.05) is 19.7 Å². The molecule has 0 bridgehead atoms. The van der Waals surface area contributed by atoms with Crippen LogP contribution in [-0.2, 0) is 11.2 Å². The molecule has 0 spiro atoms. The molecule has 2 unspecified atom stereocenters. The predicted octanol–water partition coefficient (Wildman–Crippen LogP) is 1.72. The fourth-order valence-corrected chi connectivity index (χ4v) is 3.30. The molecule has 3 nitrogen and oxygen atoms in total. The lowest BCUT2D eigenvalue weighted by Crippen LogP contribution is -2.54. The van der Waals surface area contributed by atoms with E-state index in [1.165, 1.54) is 11.1 Å². The topological polar surface area (TPSA) is 38.5 Å². The summed E-state index contributed by atoms with van der Waals surface area (Å²) in [6.45, 7) is 7.10. The Bertz CT molecular complexity index is 444. The second-order valence-corrected chi connectivity index (χ2v) is 6.07. The van der Waals surface area contributed by atoms with Crippen LogP contribution in [0.15, 0.2) is 24.3 Å². The highest BCUT2D eigenvalue weighted by Gasteiger charge is 2.38. The summed E-state index contributed by atoms with van der Waals surface area (Å²) in [4.78, 5) is 2.51. The molecule has 1 fully saturated rings. The number of nitrogens with zero attached hydrogens (tertiary/aromatic N) is 1. The largest absolute Gasteiger partial charge is 0.373 e. The number of hydrogen-bond donors (Lipinski definition) is 1. The Kier molecular flexibility index (Phi) is 2.93. The lowest BCUT2D eigenvalue weighted by atomic mass is 10.0. The summed E-state index contributed by atoms with van der Waals surface area (Å²) >= 11 is 0. The van der Waals surface area contributed by atoms with Gasteiger partial charge in [0.05, 0.1) is 12.2 Å². The number of fused-ring (bicyclic) bond motifs is 1. The van der Waals surface area contributed by atoms with E-state index in [1.54, 1.807) is 0 Å². The molecule has 1 aliphatic heterocycles. The predicted molar refractivity (Wildman–Crippen MR) is 72.5 cm³/mol. The lowest BCUT2D eigenvalue weighted by molar-refractivity contribution is -0.0983. The van der Waals surface area contributed by atoms with Crippen LogP contribution >= 0.6 is 0 Å². The molecule has 3 rings (SSSR count). The quantitative estimate of drug-likeness (QED) is 0.820. The zero-order valence-corrected chi connectivity index (χ0v) is 11.2. The van der Waals surface area contributed by atoms with Crippen LogP contribution in [0.1, 0.15) is 31.0 Å². The molecule has 0 aromatic heterocycles. The minimum Gasteiger partial charge on any atom is -0.373 e. The fraction of sp³-hybridized carbons (Fsp3) is 0.600. The van der Waals surface area contributed by atoms with E-state index in [0.29, 0.717) is 6.04 Å². The van der Waals surface area contributed by atoms with Crippen LogP contribution in [0, 0.1) is 0 Å². The van der Waals surface area contributed by atoms with Crippen molar-refractivity contribution in [1.29, 1.82) is 0 Å². The van der Waals surface area contributed by atoms with Gasteiger partial charge >= 0.3 is 0 Å². The molecule has 1 aliphatic carbocycles. The number of ether oxygens (including phenoxy) is 1. The first-order valence-corrected chi connectivity index (χ1v) is 6.78. The van der Waals surface area contributed by atoms with E-state index in [9.17, 15) is 0 Å². The number of nitrogens with two attached hydrogens (primary N) is 1. The molecule has 1 aromatic rings. The molecule has 3 heteroatoms. The zero-order chi connectivity index (χ0) is 12.8. The fourth-order valence-electron chi connectivity index (χ4n) is 3.30. The Morgan fingerprint density at radius 3 is 2.83 bits per heavy atom. The van der Waals surface area contributed by atoms with E-state index in [2.05, 4.69) is 43.0 Å². The molecule has 0 amide bonds. The molecule has 2 N–H and O–H groups in total. The average Bonchev–Trinajstić information content (AvgIpc) is 2.66. The summed E-state index contributed by atoms with van der Waals surface area (Å²) in [6.07, 6.45) is 1.08. The third-order valence-electron chi connectivity index (χ3n) is 4.18. The van der Waals surface area contributed by atoms with Crippen molar-refractivity contribution < 1.29 is 4.74 Å². The van der Waals surface area contributed by atoms with E-state index >= 15 is 0 Å². The SMILES string of the molecule is CC1(C)CN(C2Cc3ccccc3C2N)CCO1. The van der Waals surface area contributed by atoms with Crippen LogP contribution in [0.4, 0.5) is 0 Å². The van der Waals surface area contributed by atoms with Crippen LogP contribution in [0.25, 0.3) is 0 Å². The van der Waals surface area contributed by atoms with Crippen molar-refractivity contribution >= 4 is 0 Å². The van der Waals surface area contributed by atoms with Gasteiger partial charge in [0.25, 0.3) is 0 Å². The van der Waals surface area contributed by atoms with Crippen LogP contribution in [0.2, 0.25) is 0 Å². The zero-order valence-electron chi connectivity index (χ0n) is 11.2. The van der Waals surface area contributed by atoms with E-state index in [1.807, 2.05) is 0 Å². The summed E-state index contributed by atoms with van der Waals surface area (Å²) in [6, 6.07) is 9.16. The van der Waals surface area contributed by atoms with E-state index in [0.717, 1.165) is 26.1 Å². The van der Waals surface area contributed by atoms with Gasteiger partial charge in [-0.25, -0.2) is 0 Å². The molecule has 1 saturated heterocycles. The van der Waals surface area contributed by atoms with Crippen LogP contribution in [-0.4, -0.2) is 36.2 Å². The van der Waals surface area contributed by atoms with Gasteiger partial charge in [0.15, 0.2) is 0 Å². The van der Waals surface area contributed by atoms with Crippen LogP contribution in [0.3, 0.4) is 0 Å². The Morgan fingerprint density at radius 1 is 1.33 bits per heavy atom. The van der Waals surface area contributed by atoms with Gasteiger partial charge in [-0.05, 0) is 31.4 Å². The molecule has 0 saturated carbocycles. The monoisotopic (exact) mass is 246 g/mol. The summed E-state index contributed by atoms with van der Waals surface area (Å²) in [5, 5.41) is 0. The van der Waals surface area contributed by atoms with Crippen LogP contribution < -0.4 is 5.73 Å². The molecule has 98 valence electrons. The first-order valence-electron chi connectivity index (χ1n) is 6.78. The summed E-state index contributed by atoms with van der Waals surface area (Å²) in [5.74, 6) is 0. The Balaban J connectivity index is 1.80. The van der Waals surface area contributed by atoms with E-state index in [-0.39, 0.29) is 11.6 Å². The highest BCUT2D eigenvalue weighted by molar-refractivity contribution is 5.37. The van der Waals surface area contributed by atoms with Crippen molar-refractivity contribution in [3.05, 3.63) is 35.4 Å². The van der Waals surface area contributed by atoms with Gasteiger partial charge in [-0.2, -0.15) is 0 Å². The van der Waals surface area contributed by atoms with E-state index < -0.39 is 0 Å². The maximum atomic E-state index is 6.43. The maximum Gasteiger partial charge on any atom is 0.0753 e. The first kappa shape index (κ1) is 12.2. The van der Waals surface area contributed by atoms with Crippen molar-refractivity contribution in [2.24, 2.45) is 5.73 Å². The molecule has 1 aromatic carbocycles. The summed E-state index contributed by atoms with van der Waals surface area (Å²) < 4.78 is 5.78. The van der Waals surface area contributed by atoms with Crippen molar-refractivity contribution in [3.63, 3.8) is 0 Å². The smallest absolute Gasteiger partial charge is 0.0753 e. The van der Waals surface area contributed by atoms with Gasteiger partial charge < -0.3 is 10.5 Å². The van der Waals surface area contributed by atoms with Gasteiger partial charge in [0.2, 0.25) is 0 Å². The van der Waals surface area contributed by atoms with Gasteiger partial charge in [0, 0.05) is 25.2 Å². The van der Waals surface area contributed by atoms with Crippen molar-refractivity contribution in [1.82, 2.24) is 4.90 Å². The second-order valence-electron chi connectivity index (χ2n) is 6.07. The number of rotatable bonds is 1. The standard InChI is InChI=1S/C15H22N2O/c1-15(2)10-17(7-8-18-15)13-9-11-5-3-4-6-12(11)14(13)16/h3-6,13-14H,7-10,16H2,1-2H3. The van der Waals surface area contributed by atoms with Gasteiger partial charge in [-0.15, -0.1) is 0 Å². The molecule has 18 heavy (non-hydrogen) atoms. The Labute approximate surface area is 109 Å². The minimum absolute atomic E-state index is 0.0489. The van der Waals surface area contributed by atoms with Crippen molar-refractivity contribution in [3.8, 4) is 0 Å². The molecular weight excluding hydrogens is 224 g/mol. The molecule has 2 atom stereocenters. The van der Waals surface area contributed by atoms with E-state index in [4.69, 9.17) is 10.5 Å². The molecule has 0 radical (unpaired) electrons. The Hall–Kier alpha value is -0.900. The lowest BCUT2D eigenvalue weighted by Gasteiger charge is -2.42. The number of benzene rings is 1. The highest BCUT2D eigenvalue weighted by Crippen LogP contribution is 2.34. The highest BCUT2D eigenvalue weighted by atomic mass is 16.5. The number of hydrogen-bond acceptors (Lipinski definition) is 3. The second kappa shape index (κ2) is 4.34. The number of morpholine rings is 1.